The van der Waals surface area contributed by atoms with Gasteiger partial charge >= 0.3 is 0 Å². The number of amides is 1. The molecule has 0 aromatic carbocycles. The minimum Gasteiger partial charge on any atom is -0.380 e. The molecule has 6 heteroatoms. The molecule has 2 N–H and O–H groups in total. The molecule has 1 amide bonds. The van der Waals surface area contributed by atoms with Crippen molar-refractivity contribution in [3.05, 3.63) is 16.1 Å². The number of nitrogens with two attached hydrogens (primary N) is 1. The molecule has 0 spiro atoms. The van der Waals surface area contributed by atoms with E-state index in [0.717, 1.165) is 31.6 Å². The van der Waals surface area contributed by atoms with Gasteiger partial charge in [-0.05, 0) is 18.8 Å². The molecule has 1 saturated heterocycles. The van der Waals surface area contributed by atoms with Crippen LogP contribution >= 0.6 is 11.3 Å². The van der Waals surface area contributed by atoms with Crippen molar-refractivity contribution in [2.75, 3.05) is 26.7 Å². The van der Waals surface area contributed by atoms with Gasteiger partial charge < -0.3 is 15.4 Å². The number of likely N-dealkylation sites (tertiary alicyclic amines) is 1. The molecule has 2 heterocycles. The largest absolute Gasteiger partial charge is 0.380 e. The van der Waals surface area contributed by atoms with Crippen molar-refractivity contribution >= 4 is 17.2 Å². The van der Waals surface area contributed by atoms with Gasteiger partial charge in [0, 0.05) is 38.0 Å². The van der Waals surface area contributed by atoms with Crippen LogP contribution in [0.25, 0.3) is 0 Å². The third kappa shape index (κ3) is 4.27. The number of thiazole rings is 1. The normalized spacial score (nSPS) is 20.4. The third-order valence-electron chi connectivity index (χ3n) is 4.25. The van der Waals surface area contributed by atoms with Crippen LogP contribution in [0.3, 0.4) is 0 Å². The zero-order chi connectivity index (χ0) is 16.1. The monoisotopic (exact) mass is 325 g/mol. The van der Waals surface area contributed by atoms with Crippen LogP contribution in [0.1, 0.15) is 55.6 Å². The molecule has 1 aliphatic rings. The summed E-state index contributed by atoms with van der Waals surface area (Å²) >= 11 is 1.73. The van der Waals surface area contributed by atoms with Crippen LogP contribution in [-0.4, -0.2) is 48.6 Å². The fourth-order valence-corrected chi connectivity index (χ4v) is 3.85. The van der Waals surface area contributed by atoms with E-state index in [1.165, 1.54) is 5.01 Å². The number of rotatable bonds is 6. The predicted molar refractivity (Wildman–Crippen MR) is 89.2 cm³/mol. The van der Waals surface area contributed by atoms with Gasteiger partial charge in [-0.1, -0.05) is 13.8 Å². The quantitative estimate of drug-likeness (QED) is 0.871. The Labute approximate surface area is 136 Å². The maximum absolute atomic E-state index is 12.4. The molecule has 1 aromatic rings. The van der Waals surface area contributed by atoms with Crippen LogP contribution in [0.15, 0.2) is 5.38 Å². The molecular weight excluding hydrogens is 298 g/mol. The van der Waals surface area contributed by atoms with Crippen molar-refractivity contribution in [3.8, 4) is 0 Å². The van der Waals surface area contributed by atoms with Gasteiger partial charge in [0.25, 0.3) is 0 Å². The standard InChI is InChI=1S/C16H27N3O2S/c1-11(2)14-10-22-16(18-14)12-5-4-6-19(9-12)15(20)7-13(8-17)21-3/h10-13H,4-9,17H2,1-3H3. The van der Waals surface area contributed by atoms with E-state index in [2.05, 4.69) is 19.2 Å². The highest BCUT2D eigenvalue weighted by molar-refractivity contribution is 7.09. The van der Waals surface area contributed by atoms with Crippen LogP contribution in [0.5, 0.6) is 0 Å². The van der Waals surface area contributed by atoms with E-state index in [4.69, 9.17) is 15.5 Å². The van der Waals surface area contributed by atoms with E-state index in [0.29, 0.717) is 24.8 Å². The van der Waals surface area contributed by atoms with Gasteiger partial charge in [0.1, 0.15) is 0 Å². The number of methoxy groups -OCH3 is 1. The molecule has 124 valence electrons. The van der Waals surface area contributed by atoms with Crippen molar-refractivity contribution in [1.82, 2.24) is 9.88 Å². The average Bonchev–Trinajstić information content (AvgIpc) is 3.02. The molecule has 0 radical (unpaired) electrons. The second-order valence-electron chi connectivity index (χ2n) is 6.24. The molecule has 2 atom stereocenters. The molecule has 2 unspecified atom stereocenters. The Morgan fingerprint density at radius 1 is 1.59 bits per heavy atom. The van der Waals surface area contributed by atoms with Gasteiger partial charge in [0.05, 0.1) is 23.2 Å². The summed E-state index contributed by atoms with van der Waals surface area (Å²) in [6.07, 6.45) is 2.34. The topological polar surface area (TPSA) is 68.5 Å². The molecular formula is C16H27N3O2S. The number of nitrogens with zero attached hydrogens (tertiary/aromatic N) is 2. The number of hydrogen-bond acceptors (Lipinski definition) is 5. The van der Waals surface area contributed by atoms with Gasteiger partial charge in [0.2, 0.25) is 5.91 Å². The summed E-state index contributed by atoms with van der Waals surface area (Å²) in [6, 6.07) is 0. The number of ether oxygens (including phenoxy) is 1. The number of aromatic nitrogens is 1. The van der Waals surface area contributed by atoms with Gasteiger partial charge in [0.15, 0.2) is 0 Å². The van der Waals surface area contributed by atoms with Crippen LogP contribution in [0, 0.1) is 0 Å². The van der Waals surface area contributed by atoms with Crippen LogP contribution in [0.4, 0.5) is 0 Å². The molecule has 0 aliphatic carbocycles. The van der Waals surface area contributed by atoms with Gasteiger partial charge in [-0.15, -0.1) is 11.3 Å². The second-order valence-corrected chi connectivity index (χ2v) is 7.13. The number of carbonyl (C=O) groups excluding carboxylic acids is 1. The minimum absolute atomic E-state index is 0.141. The van der Waals surface area contributed by atoms with Gasteiger partial charge in [-0.25, -0.2) is 4.98 Å². The molecule has 1 aromatic heterocycles. The summed E-state index contributed by atoms with van der Waals surface area (Å²) in [6.45, 7) is 6.30. The summed E-state index contributed by atoms with van der Waals surface area (Å²) in [5.74, 6) is 0.968. The number of hydrogen-bond donors (Lipinski definition) is 1. The number of piperidine rings is 1. The van der Waals surface area contributed by atoms with Crippen molar-refractivity contribution in [3.63, 3.8) is 0 Å². The van der Waals surface area contributed by atoms with Crippen LogP contribution < -0.4 is 5.73 Å². The first-order chi connectivity index (χ1) is 10.5. The van der Waals surface area contributed by atoms with Gasteiger partial charge in [-0.2, -0.15) is 0 Å². The van der Waals surface area contributed by atoms with Crippen molar-refractivity contribution in [2.24, 2.45) is 5.73 Å². The zero-order valence-corrected chi connectivity index (χ0v) is 14.6. The molecule has 0 saturated carbocycles. The third-order valence-corrected chi connectivity index (χ3v) is 5.28. The predicted octanol–water partition coefficient (Wildman–Crippen LogP) is 2.34. The SMILES string of the molecule is COC(CN)CC(=O)N1CCCC(c2nc(C(C)C)cs2)C1. The summed E-state index contributed by atoms with van der Waals surface area (Å²) in [7, 11) is 1.60. The minimum atomic E-state index is -0.180. The fourth-order valence-electron chi connectivity index (χ4n) is 2.75. The molecule has 1 fully saturated rings. The lowest BCUT2D eigenvalue weighted by molar-refractivity contribution is -0.134. The molecule has 1 aliphatic heterocycles. The fraction of sp³-hybridized carbons (Fsp3) is 0.750. The van der Waals surface area contributed by atoms with E-state index >= 15 is 0 Å². The highest BCUT2D eigenvalue weighted by atomic mass is 32.1. The van der Waals surface area contributed by atoms with E-state index in [1.54, 1.807) is 18.4 Å². The summed E-state index contributed by atoms with van der Waals surface area (Å²) in [5.41, 5.74) is 6.76. The molecule has 2 rings (SSSR count). The maximum atomic E-state index is 12.4. The van der Waals surface area contributed by atoms with Crippen LogP contribution in [0.2, 0.25) is 0 Å². The molecule has 0 bridgehead atoms. The first-order valence-electron chi connectivity index (χ1n) is 8.01. The lowest BCUT2D eigenvalue weighted by Gasteiger charge is -2.32. The van der Waals surface area contributed by atoms with Gasteiger partial charge in [-0.3, -0.25) is 4.79 Å². The zero-order valence-electron chi connectivity index (χ0n) is 13.7. The second kappa shape index (κ2) is 8.04. The Hall–Kier alpha value is -0.980. The Morgan fingerprint density at radius 2 is 2.36 bits per heavy atom. The molecule has 22 heavy (non-hydrogen) atoms. The summed E-state index contributed by atoms with van der Waals surface area (Å²) in [4.78, 5) is 19.1. The smallest absolute Gasteiger partial charge is 0.225 e. The lowest BCUT2D eigenvalue weighted by Crippen LogP contribution is -2.41. The highest BCUT2D eigenvalue weighted by Crippen LogP contribution is 2.31. The Morgan fingerprint density at radius 3 is 2.95 bits per heavy atom. The van der Waals surface area contributed by atoms with E-state index in [9.17, 15) is 4.79 Å². The Bertz CT molecular complexity index is 485. The first-order valence-corrected chi connectivity index (χ1v) is 8.89. The maximum Gasteiger partial charge on any atom is 0.225 e. The van der Waals surface area contributed by atoms with Crippen molar-refractivity contribution < 1.29 is 9.53 Å². The summed E-state index contributed by atoms with van der Waals surface area (Å²) < 4.78 is 5.22. The first kappa shape index (κ1) is 17.4. The highest BCUT2D eigenvalue weighted by Gasteiger charge is 2.27. The van der Waals surface area contributed by atoms with E-state index in [1.807, 2.05) is 4.90 Å². The Balaban J connectivity index is 1.97. The van der Waals surface area contributed by atoms with Crippen LogP contribution in [-0.2, 0) is 9.53 Å². The van der Waals surface area contributed by atoms with E-state index in [-0.39, 0.29) is 12.0 Å². The average molecular weight is 325 g/mol. The van der Waals surface area contributed by atoms with E-state index < -0.39 is 0 Å². The summed E-state index contributed by atoms with van der Waals surface area (Å²) in [5, 5.41) is 3.32. The lowest BCUT2D eigenvalue weighted by atomic mass is 9.98. The Kier molecular flexibility index (Phi) is 6.35. The van der Waals surface area contributed by atoms with Crippen molar-refractivity contribution in [2.45, 2.75) is 51.0 Å². The molecule has 5 nitrogen and oxygen atoms in total. The number of carbonyl (C=O) groups is 1. The van der Waals surface area contributed by atoms with Crippen molar-refractivity contribution in [1.29, 1.82) is 0 Å².